The summed E-state index contributed by atoms with van der Waals surface area (Å²) in [5.74, 6) is 11.7. The topological polar surface area (TPSA) is 86.7 Å². The summed E-state index contributed by atoms with van der Waals surface area (Å²) >= 11 is 0. The van der Waals surface area contributed by atoms with E-state index in [0.717, 1.165) is 33.4 Å². The molecule has 72 heavy (non-hydrogen) atoms. The number of esters is 4. The van der Waals surface area contributed by atoms with Crippen molar-refractivity contribution in [3.05, 3.63) is 285 Å². The molecule has 0 saturated carbocycles. The quantitative estimate of drug-likeness (QED) is 0.0412. The Labute approximate surface area is 413 Å². The van der Waals surface area contributed by atoms with Crippen molar-refractivity contribution in [2.45, 2.75) is 10.8 Å². The third kappa shape index (κ3) is 6.20. The SMILES string of the molecule is O=C1OC(=O)c2cc(C#CC(c3ccccc3)(c3ccccc3)c3ccccc3)c3c4ccc5c6c(cc(C#CC(c7ccccc7)(c7ccccc7)c7ccccc7)c(c7ccc1c2c73)c64)C(=O)OC5=O. The van der Waals surface area contributed by atoms with Gasteiger partial charge in [0.2, 0.25) is 0 Å². The van der Waals surface area contributed by atoms with Crippen LogP contribution in [-0.2, 0) is 20.3 Å². The molecule has 0 spiro atoms. The fourth-order valence-electron chi connectivity index (χ4n) is 11.2. The predicted octanol–water partition coefficient (Wildman–Crippen LogP) is 13.1. The van der Waals surface area contributed by atoms with Crippen molar-refractivity contribution in [3.63, 3.8) is 0 Å². The second kappa shape index (κ2) is 16.4. The highest BCUT2D eigenvalue weighted by molar-refractivity contribution is 6.41. The van der Waals surface area contributed by atoms with Crippen LogP contribution >= 0.6 is 0 Å². The molecule has 0 atom stereocenters. The molecule has 6 heteroatoms. The molecule has 0 amide bonds. The largest absolute Gasteiger partial charge is 0.386 e. The Hall–Kier alpha value is -9.88. The molecule has 0 N–H and O–H groups in total. The first kappa shape index (κ1) is 42.2. The average Bonchev–Trinajstić information content (AvgIpc) is 3.43. The van der Waals surface area contributed by atoms with Crippen molar-refractivity contribution in [1.82, 2.24) is 0 Å². The molecule has 11 aromatic carbocycles. The van der Waals surface area contributed by atoms with E-state index < -0.39 is 34.7 Å². The molecule has 0 aliphatic carbocycles. The second-order valence-corrected chi connectivity index (χ2v) is 18.1. The lowest BCUT2D eigenvalue weighted by Gasteiger charge is -2.31. The Morgan fingerprint density at radius 1 is 0.278 bits per heavy atom. The van der Waals surface area contributed by atoms with E-state index in [1.54, 1.807) is 24.3 Å². The second-order valence-electron chi connectivity index (χ2n) is 18.1. The van der Waals surface area contributed by atoms with Crippen LogP contribution in [0, 0.1) is 23.7 Å². The van der Waals surface area contributed by atoms with Crippen LogP contribution in [0.2, 0.25) is 0 Å². The minimum absolute atomic E-state index is 0.191. The standard InChI is InChI=1S/C66H36O6/c67-61-51-34-32-50-56-42(36-38-66(46-25-13-4-14-26-46,47-27-15-5-16-28-47)48-29-17-6-18-30-48)40-54-58-52(62(68)72-64(54)70)33-31-49(60(56)58)55-41(39-53(63(69)71-61)57(51)59(50)55)35-37-65(43-19-7-1-8-20-43,44-21-9-2-10-22-44)45-23-11-3-12-24-45/h1-34,39-40H. The van der Waals surface area contributed by atoms with E-state index >= 15 is 0 Å². The van der Waals surface area contributed by atoms with Crippen LogP contribution in [-0.4, -0.2) is 23.9 Å². The first-order valence-corrected chi connectivity index (χ1v) is 23.6. The van der Waals surface area contributed by atoms with E-state index in [2.05, 4.69) is 96.5 Å². The van der Waals surface area contributed by atoms with E-state index in [1.165, 1.54) is 0 Å². The van der Waals surface area contributed by atoms with Gasteiger partial charge in [-0.3, -0.25) is 0 Å². The van der Waals surface area contributed by atoms with Crippen molar-refractivity contribution in [2.75, 3.05) is 0 Å². The number of carbonyl (C=O) groups excluding carboxylic acids is 4. The Morgan fingerprint density at radius 2 is 0.542 bits per heavy atom. The van der Waals surface area contributed by atoms with E-state index in [0.29, 0.717) is 54.2 Å². The van der Waals surface area contributed by atoms with Gasteiger partial charge in [-0.05, 0) is 68.4 Å². The van der Waals surface area contributed by atoms with E-state index in [-0.39, 0.29) is 22.3 Å². The van der Waals surface area contributed by atoms with Gasteiger partial charge in [-0.2, -0.15) is 0 Å². The van der Waals surface area contributed by atoms with Gasteiger partial charge in [0.05, 0.1) is 22.3 Å². The zero-order valence-corrected chi connectivity index (χ0v) is 38.2. The normalized spacial score (nSPS) is 13.1. The molecular formula is C66H36O6. The van der Waals surface area contributed by atoms with E-state index in [4.69, 9.17) is 9.47 Å². The van der Waals surface area contributed by atoms with Crippen molar-refractivity contribution in [1.29, 1.82) is 0 Å². The lowest BCUT2D eigenvalue weighted by molar-refractivity contribution is 0.0373. The highest BCUT2D eigenvalue weighted by atomic mass is 16.6. The van der Waals surface area contributed by atoms with E-state index in [1.807, 2.05) is 121 Å². The number of ether oxygens (including phenoxy) is 2. The molecular weight excluding hydrogens is 889 g/mol. The summed E-state index contributed by atoms with van der Waals surface area (Å²) in [5, 5.41) is 4.63. The molecule has 336 valence electrons. The molecule has 2 heterocycles. The maximum atomic E-state index is 14.2. The molecule has 2 aliphatic heterocycles. The summed E-state index contributed by atoms with van der Waals surface area (Å²) in [6.07, 6.45) is 0. The van der Waals surface area contributed by atoms with Gasteiger partial charge in [0.1, 0.15) is 10.8 Å². The van der Waals surface area contributed by atoms with Crippen LogP contribution in [0.25, 0.3) is 43.1 Å². The number of hydrogen-bond acceptors (Lipinski definition) is 6. The molecule has 11 aromatic rings. The van der Waals surface area contributed by atoms with Crippen molar-refractivity contribution in [3.8, 4) is 23.7 Å². The summed E-state index contributed by atoms with van der Waals surface area (Å²) in [5.41, 5.74) is 5.37. The number of fused-ring (bicyclic) bond motifs is 2. The summed E-state index contributed by atoms with van der Waals surface area (Å²) in [6.45, 7) is 0. The third-order valence-electron chi connectivity index (χ3n) is 14.4. The van der Waals surface area contributed by atoms with Gasteiger partial charge >= 0.3 is 23.9 Å². The molecule has 0 radical (unpaired) electrons. The highest BCUT2D eigenvalue weighted by Crippen LogP contribution is 2.49. The molecule has 0 unspecified atom stereocenters. The van der Waals surface area contributed by atoms with Crippen LogP contribution in [0.15, 0.2) is 218 Å². The minimum Gasteiger partial charge on any atom is -0.386 e. The molecule has 0 aromatic heterocycles. The first-order chi connectivity index (χ1) is 35.4. The average molecular weight is 925 g/mol. The molecule has 0 saturated heterocycles. The summed E-state index contributed by atoms with van der Waals surface area (Å²) in [4.78, 5) is 55.8. The number of rotatable bonds is 6. The number of cyclic esters (lactones) is 4. The fourth-order valence-corrected chi connectivity index (χ4v) is 11.2. The highest BCUT2D eigenvalue weighted by Gasteiger charge is 2.38. The van der Waals surface area contributed by atoms with Gasteiger partial charge in [0.25, 0.3) is 0 Å². The monoisotopic (exact) mass is 924 g/mol. The van der Waals surface area contributed by atoms with Crippen molar-refractivity contribution in [2.24, 2.45) is 0 Å². The molecule has 2 aliphatic rings. The Kier molecular flexibility index (Phi) is 9.61. The summed E-state index contributed by atoms with van der Waals surface area (Å²) in [6, 6.07) is 71.0. The summed E-state index contributed by atoms with van der Waals surface area (Å²) in [7, 11) is 0. The summed E-state index contributed by atoms with van der Waals surface area (Å²) < 4.78 is 10.9. The van der Waals surface area contributed by atoms with Gasteiger partial charge in [-0.25, -0.2) is 19.2 Å². The van der Waals surface area contributed by atoms with Crippen LogP contribution in [0.5, 0.6) is 0 Å². The van der Waals surface area contributed by atoms with Crippen molar-refractivity contribution >= 4 is 67.0 Å². The Bertz CT molecular complexity index is 3730. The smallest absolute Gasteiger partial charge is 0.346 e. The van der Waals surface area contributed by atoms with Crippen LogP contribution in [0.1, 0.15) is 85.9 Å². The Morgan fingerprint density at radius 3 is 0.819 bits per heavy atom. The van der Waals surface area contributed by atoms with Crippen LogP contribution in [0.4, 0.5) is 0 Å². The lowest BCUT2D eigenvalue weighted by atomic mass is 9.69. The number of carbonyl (C=O) groups is 4. The minimum atomic E-state index is -1.01. The van der Waals surface area contributed by atoms with Gasteiger partial charge < -0.3 is 9.47 Å². The molecule has 0 bridgehead atoms. The molecule has 0 fully saturated rings. The van der Waals surface area contributed by atoms with Gasteiger partial charge in [0, 0.05) is 43.4 Å². The predicted molar refractivity (Wildman–Crippen MR) is 279 cm³/mol. The zero-order chi connectivity index (χ0) is 48.6. The van der Waals surface area contributed by atoms with Gasteiger partial charge in [0.15, 0.2) is 0 Å². The first-order valence-electron chi connectivity index (χ1n) is 23.6. The number of hydrogen-bond donors (Lipinski definition) is 0. The fraction of sp³-hybridized carbons (Fsp3) is 0.0303. The zero-order valence-electron chi connectivity index (χ0n) is 38.2. The lowest BCUT2D eigenvalue weighted by Crippen LogP contribution is -2.27. The number of benzene rings is 11. The van der Waals surface area contributed by atoms with Gasteiger partial charge in [-0.1, -0.05) is 218 Å². The van der Waals surface area contributed by atoms with E-state index in [9.17, 15) is 19.2 Å². The maximum Gasteiger partial charge on any atom is 0.346 e. The maximum absolute atomic E-state index is 14.2. The van der Waals surface area contributed by atoms with Crippen LogP contribution < -0.4 is 0 Å². The molecule has 13 rings (SSSR count). The third-order valence-corrected chi connectivity index (χ3v) is 14.4. The molecule has 6 nitrogen and oxygen atoms in total. The van der Waals surface area contributed by atoms with Crippen molar-refractivity contribution < 1.29 is 28.7 Å². The van der Waals surface area contributed by atoms with Crippen LogP contribution in [0.3, 0.4) is 0 Å². The Balaban J connectivity index is 1.20. The van der Waals surface area contributed by atoms with Gasteiger partial charge in [-0.15, -0.1) is 0 Å².